The van der Waals surface area contributed by atoms with Crippen molar-refractivity contribution in [3.63, 3.8) is 0 Å². The Morgan fingerprint density at radius 2 is 1.58 bits per heavy atom. The van der Waals surface area contributed by atoms with Gasteiger partial charge in [-0.3, -0.25) is 24.0 Å². The third kappa shape index (κ3) is 6.05. The van der Waals surface area contributed by atoms with Crippen LogP contribution in [0, 0.1) is 10.1 Å². The quantitative estimate of drug-likeness (QED) is 0.313. The molecule has 0 fully saturated rings. The van der Waals surface area contributed by atoms with Gasteiger partial charge in [-0.15, -0.1) is 0 Å². The van der Waals surface area contributed by atoms with Gasteiger partial charge in [0.1, 0.15) is 6.54 Å². The standard InChI is InChI=1S/C25H26N4O6S/c1-3-18(2)26-25(31)20-13-7-8-14-21(20)27-24(30)17-28(19-11-5-4-6-12-19)36(34,35)23-16-10-9-15-22(23)29(32)33/h4-16,18H,3,17H2,1-2H3,(H,26,31)(H,27,30)/t18-/m1/s1. The number of hydrogen-bond donors (Lipinski definition) is 2. The molecule has 3 aromatic carbocycles. The van der Waals surface area contributed by atoms with Crippen molar-refractivity contribution >= 4 is 38.9 Å². The van der Waals surface area contributed by atoms with Gasteiger partial charge in [-0.2, -0.15) is 0 Å². The maximum Gasteiger partial charge on any atom is 0.289 e. The number of rotatable bonds is 10. The lowest BCUT2D eigenvalue weighted by Crippen LogP contribution is -2.39. The summed E-state index contributed by atoms with van der Waals surface area (Å²) in [5.41, 5.74) is -0.0298. The van der Waals surface area contributed by atoms with Gasteiger partial charge in [0.2, 0.25) is 5.91 Å². The molecule has 0 unspecified atom stereocenters. The Balaban J connectivity index is 1.95. The van der Waals surface area contributed by atoms with Crippen molar-refractivity contribution in [2.75, 3.05) is 16.2 Å². The van der Waals surface area contributed by atoms with E-state index in [4.69, 9.17) is 0 Å². The molecular weight excluding hydrogens is 484 g/mol. The Kier molecular flexibility index (Phi) is 8.38. The Hall–Kier alpha value is -4.25. The number of nitrogens with one attached hydrogen (secondary N) is 2. The summed E-state index contributed by atoms with van der Waals surface area (Å²) in [6.45, 7) is 3.10. The van der Waals surface area contributed by atoms with Crippen LogP contribution in [0.15, 0.2) is 83.8 Å². The van der Waals surface area contributed by atoms with Crippen molar-refractivity contribution in [2.24, 2.45) is 0 Å². The Labute approximate surface area is 209 Å². The lowest BCUT2D eigenvalue weighted by atomic mass is 10.1. The SMILES string of the molecule is CC[C@@H](C)NC(=O)c1ccccc1NC(=O)CN(c1ccccc1)S(=O)(=O)c1ccccc1[N+](=O)[O-]. The molecule has 0 aliphatic carbocycles. The molecule has 3 aromatic rings. The van der Waals surface area contributed by atoms with Crippen LogP contribution in [0.5, 0.6) is 0 Å². The third-order valence-corrected chi connectivity index (χ3v) is 7.22. The van der Waals surface area contributed by atoms with Gasteiger partial charge < -0.3 is 10.6 Å². The zero-order chi connectivity index (χ0) is 26.3. The predicted octanol–water partition coefficient (Wildman–Crippen LogP) is 3.96. The van der Waals surface area contributed by atoms with E-state index in [0.29, 0.717) is 0 Å². The molecule has 10 nitrogen and oxygen atoms in total. The van der Waals surface area contributed by atoms with Crippen molar-refractivity contribution in [3.8, 4) is 0 Å². The molecule has 1 atom stereocenters. The van der Waals surface area contributed by atoms with Crippen molar-refractivity contribution in [3.05, 3.63) is 94.5 Å². The zero-order valence-corrected chi connectivity index (χ0v) is 20.6. The third-order valence-electron chi connectivity index (χ3n) is 5.40. The molecule has 0 spiro atoms. The Bertz CT molecular complexity index is 1360. The monoisotopic (exact) mass is 510 g/mol. The van der Waals surface area contributed by atoms with E-state index < -0.39 is 38.0 Å². The van der Waals surface area contributed by atoms with Gasteiger partial charge in [0.05, 0.1) is 21.9 Å². The number of carbonyl (C=O) groups is 2. The number of nitro groups is 1. The van der Waals surface area contributed by atoms with E-state index in [0.717, 1.165) is 22.9 Å². The maximum absolute atomic E-state index is 13.6. The van der Waals surface area contributed by atoms with Crippen LogP contribution in [-0.2, 0) is 14.8 Å². The molecule has 2 amide bonds. The van der Waals surface area contributed by atoms with E-state index in [1.807, 2.05) is 13.8 Å². The van der Waals surface area contributed by atoms with Crippen molar-refractivity contribution in [1.82, 2.24) is 5.32 Å². The summed E-state index contributed by atoms with van der Waals surface area (Å²) in [5, 5.41) is 16.9. The highest BCUT2D eigenvalue weighted by atomic mass is 32.2. The second-order valence-corrected chi connectivity index (χ2v) is 9.78. The van der Waals surface area contributed by atoms with E-state index in [2.05, 4.69) is 10.6 Å². The smallest absolute Gasteiger partial charge is 0.289 e. The number of hydrogen-bond acceptors (Lipinski definition) is 6. The molecule has 0 bridgehead atoms. The number of para-hydroxylation sites is 3. The molecule has 188 valence electrons. The van der Waals surface area contributed by atoms with Crippen LogP contribution < -0.4 is 14.9 Å². The summed E-state index contributed by atoms with van der Waals surface area (Å²) < 4.78 is 27.9. The minimum Gasteiger partial charge on any atom is -0.350 e. The number of sulfonamides is 1. The first kappa shape index (κ1) is 26.4. The molecule has 0 saturated carbocycles. The fraction of sp³-hybridized carbons (Fsp3) is 0.200. The molecule has 3 rings (SSSR count). The molecule has 0 aliphatic heterocycles. The summed E-state index contributed by atoms with van der Waals surface area (Å²) in [6.07, 6.45) is 0.718. The van der Waals surface area contributed by atoms with E-state index in [-0.39, 0.29) is 28.9 Å². The largest absolute Gasteiger partial charge is 0.350 e. The first-order valence-corrected chi connectivity index (χ1v) is 12.6. The van der Waals surface area contributed by atoms with Crippen LogP contribution >= 0.6 is 0 Å². The van der Waals surface area contributed by atoms with Gasteiger partial charge in [0, 0.05) is 12.1 Å². The molecule has 0 radical (unpaired) electrons. The number of benzene rings is 3. The first-order valence-electron chi connectivity index (χ1n) is 11.2. The molecule has 0 aromatic heterocycles. The van der Waals surface area contributed by atoms with Gasteiger partial charge in [-0.05, 0) is 43.7 Å². The second kappa shape index (κ2) is 11.5. The fourth-order valence-electron chi connectivity index (χ4n) is 3.37. The number of carbonyl (C=O) groups excluding carboxylic acids is 2. The Morgan fingerprint density at radius 1 is 0.972 bits per heavy atom. The molecule has 0 saturated heterocycles. The average Bonchev–Trinajstić information content (AvgIpc) is 2.87. The second-order valence-electron chi connectivity index (χ2n) is 7.95. The Morgan fingerprint density at radius 3 is 2.25 bits per heavy atom. The van der Waals surface area contributed by atoms with Crippen LogP contribution in [0.1, 0.15) is 30.6 Å². The van der Waals surface area contributed by atoms with Gasteiger partial charge in [0.15, 0.2) is 4.90 Å². The fourth-order valence-corrected chi connectivity index (χ4v) is 4.95. The average molecular weight is 511 g/mol. The van der Waals surface area contributed by atoms with E-state index in [1.165, 1.54) is 30.3 Å². The highest BCUT2D eigenvalue weighted by molar-refractivity contribution is 7.93. The van der Waals surface area contributed by atoms with Crippen molar-refractivity contribution in [2.45, 2.75) is 31.2 Å². The van der Waals surface area contributed by atoms with E-state index >= 15 is 0 Å². The van der Waals surface area contributed by atoms with Crippen molar-refractivity contribution < 1.29 is 22.9 Å². The highest BCUT2D eigenvalue weighted by Gasteiger charge is 2.33. The van der Waals surface area contributed by atoms with E-state index in [1.54, 1.807) is 36.4 Å². The van der Waals surface area contributed by atoms with Crippen molar-refractivity contribution in [1.29, 1.82) is 0 Å². The first-order chi connectivity index (χ1) is 17.1. The molecule has 0 heterocycles. The zero-order valence-electron chi connectivity index (χ0n) is 19.7. The predicted molar refractivity (Wildman–Crippen MR) is 136 cm³/mol. The molecule has 36 heavy (non-hydrogen) atoms. The van der Waals surface area contributed by atoms with Crippen LogP contribution in [0.3, 0.4) is 0 Å². The molecule has 2 N–H and O–H groups in total. The molecule has 0 aliphatic rings. The van der Waals surface area contributed by atoms with Crippen LogP contribution in [-0.4, -0.2) is 37.7 Å². The summed E-state index contributed by atoms with van der Waals surface area (Å²) in [5.74, 6) is -1.11. The molecular formula is C25H26N4O6S. The van der Waals surface area contributed by atoms with E-state index in [9.17, 15) is 28.1 Å². The number of anilines is 2. The summed E-state index contributed by atoms with van der Waals surface area (Å²) in [7, 11) is -4.51. The van der Waals surface area contributed by atoms with Crippen LogP contribution in [0.2, 0.25) is 0 Å². The van der Waals surface area contributed by atoms with Gasteiger partial charge >= 0.3 is 0 Å². The van der Waals surface area contributed by atoms with Gasteiger partial charge in [0.25, 0.3) is 21.6 Å². The summed E-state index contributed by atoms with van der Waals surface area (Å²) in [6, 6.07) is 19.0. The lowest BCUT2D eigenvalue weighted by molar-refractivity contribution is -0.387. The molecule has 11 heteroatoms. The summed E-state index contributed by atoms with van der Waals surface area (Å²) >= 11 is 0. The minimum atomic E-state index is -4.51. The summed E-state index contributed by atoms with van der Waals surface area (Å²) in [4.78, 5) is 35.9. The highest BCUT2D eigenvalue weighted by Crippen LogP contribution is 2.29. The minimum absolute atomic E-state index is 0.0818. The lowest BCUT2D eigenvalue weighted by Gasteiger charge is -2.24. The van der Waals surface area contributed by atoms with Crippen LogP contribution in [0.25, 0.3) is 0 Å². The van der Waals surface area contributed by atoms with Crippen LogP contribution in [0.4, 0.5) is 17.1 Å². The maximum atomic E-state index is 13.6. The van der Waals surface area contributed by atoms with Gasteiger partial charge in [-0.25, -0.2) is 8.42 Å². The van der Waals surface area contributed by atoms with Gasteiger partial charge in [-0.1, -0.05) is 49.4 Å². The topological polar surface area (TPSA) is 139 Å². The number of amides is 2. The number of nitrogens with zero attached hydrogens (tertiary/aromatic N) is 2. The normalized spacial score (nSPS) is 11.8. The number of nitro benzene ring substituents is 1.